The average molecular weight is 237 g/mol. The topological polar surface area (TPSA) is 35.2 Å². The van der Waals surface area contributed by atoms with Gasteiger partial charge in [0, 0.05) is 5.54 Å². The molecule has 0 spiro atoms. The molecule has 0 heterocycles. The molecule has 17 heavy (non-hydrogen) atoms. The molecule has 1 aliphatic rings. The fourth-order valence-electron chi connectivity index (χ4n) is 2.45. The van der Waals surface area contributed by atoms with Gasteiger partial charge in [-0.05, 0) is 44.4 Å². The quantitative estimate of drug-likeness (QED) is 0.875. The Hall–Kier alpha value is -1.09. The molecule has 3 heteroatoms. The van der Waals surface area contributed by atoms with Crippen molar-refractivity contribution in [3.8, 4) is 5.75 Å². The van der Waals surface area contributed by atoms with Gasteiger partial charge in [0.1, 0.15) is 0 Å². The zero-order valence-electron chi connectivity index (χ0n) is 10.5. The van der Waals surface area contributed by atoms with E-state index in [9.17, 15) is 4.39 Å². The third kappa shape index (κ3) is 2.60. The number of hydrogen-bond donors (Lipinski definition) is 1. The first kappa shape index (κ1) is 12.4. The highest BCUT2D eigenvalue weighted by Crippen LogP contribution is 2.37. The molecule has 1 fully saturated rings. The highest BCUT2D eigenvalue weighted by molar-refractivity contribution is 5.34. The molecular formula is C14H20FNO. The molecule has 0 unspecified atom stereocenters. The van der Waals surface area contributed by atoms with Gasteiger partial charge in [-0.1, -0.05) is 18.9 Å². The molecule has 1 aliphatic carbocycles. The first-order chi connectivity index (χ1) is 8.01. The third-order valence-electron chi connectivity index (χ3n) is 3.37. The molecule has 0 aromatic heterocycles. The van der Waals surface area contributed by atoms with Gasteiger partial charge < -0.3 is 10.5 Å². The Balaban J connectivity index is 2.24. The van der Waals surface area contributed by atoms with Gasteiger partial charge in [0.25, 0.3) is 0 Å². The third-order valence-corrected chi connectivity index (χ3v) is 3.37. The maximum absolute atomic E-state index is 13.9. The predicted octanol–water partition coefficient (Wildman–Crippen LogP) is 3.34. The van der Waals surface area contributed by atoms with Crippen molar-refractivity contribution >= 4 is 0 Å². The van der Waals surface area contributed by atoms with E-state index < -0.39 is 0 Å². The Kier molecular flexibility index (Phi) is 3.38. The van der Waals surface area contributed by atoms with Gasteiger partial charge in [-0.2, -0.15) is 0 Å². The van der Waals surface area contributed by atoms with Crippen LogP contribution in [0.25, 0.3) is 0 Å². The van der Waals surface area contributed by atoms with Crippen molar-refractivity contribution in [3.63, 3.8) is 0 Å². The summed E-state index contributed by atoms with van der Waals surface area (Å²) in [6.45, 7) is 3.77. The zero-order chi connectivity index (χ0) is 12.5. The first-order valence-corrected chi connectivity index (χ1v) is 6.27. The Bertz CT molecular complexity index is 397. The lowest BCUT2D eigenvalue weighted by atomic mass is 9.89. The summed E-state index contributed by atoms with van der Waals surface area (Å²) in [5.74, 6) is -0.00160. The van der Waals surface area contributed by atoms with Crippen LogP contribution in [0.4, 0.5) is 4.39 Å². The van der Waals surface area contributed by atoms with Crippen LogP contribution in [0.3, 0.4) is 0 Å². The van der Waals surface area contributed by atoms with Crippen LogP contribution in [0.15, 0.2) is 18.2 Å². The lowest BCUT2D eigenvalue weighted by Crippen LogP contribution is -2.33. The summed E-state index contributed by atoms with van der Waals surface area (Å²) in [6.07, 6.45) is 4.12. The van der Waals surface area contributed by atoms with E-state index in [1.807, 2.05) is 19.9 Å². The van der Waals surface area contributed by atoms with Gasteiger partial charge in [0.05, 0.1) is 6.10 Å². The Morgan fingerprint density at radius 3 is 2.47 bits per heavy atom. The summed E-state index contributed by atoms with van der Waals surface area (Å²) in [4.78, 5) is 0. The lowest BCUT2D eigenvalue weighted by Gasteiger charge is -2.24. The number of hydrogen-bond acceptors (Lipinski definition) is 2. The standard InChI is InChI=1S/C14H20FNO/c1-10(2)17-13-6-5-11(9-12(13)15)14(16)7-3-4-8-14/h5-6,9-10H,3-4,7-8,16H2,1-2H3. The van der Waals surface area contributed by atoms with E-state index >= 15 is 0 Å². The molecule has 2 rings (SSSR count). The number of rotatable bonds is 3. The summed E-state index contributed by atoms with van der Waals surface area (Å²) in [6, 6.07) is 5.12. The second-order valence-corrected chi connectivity index (χ2v) is 5.18. The molecular weight excluding hydrogens is 217 g/mol. The van der Waals surface area contributed by atoms with E-state index in [0.29, 0.717) is 5.75 Å². The van der Waals surface area contributed by atoms with Crippen molar-refractivity contribution in [3.05, 3.63) is 29.6 Å². The zero-order valence-corrected chi connectivity index (χ0v) is 10.5. The number of nitrogens with two attached hydrogens (primary N) is 1. The van der Waals surface area contributed by atoms with Crippen LogP contribution in [0.2, 0.25) is 0 Å². The van der Waals surface area contributed by atoms with E-state index in [4.69, 9.17) is 10.5 Å². The fraction of sp³-hybridized carbons (Fsp3) is 0.571. The molecule has 0 bridgehead atoms. The minimum atomic E-state index is -0.336. The second-order valence-electron chi connectivity index (χ2n) is 5.18. The normalized spacial score (nSPS) is 18.6. The molecule has 0 amide bonds. The van der Waals surface area contributed by atoms with E-state index in [1.165, 1.54) is 6.07 Å². The SMILES string of the molecule is CC(C)Oc1ccc(C2(N)CCCC2)cc1F. The van der Waals surface area contributed by atoms with E-state index in [1.54, 1.807) is 6.07 Å². The molecule has 1 aromatic rings. The number of halogens is 1. The lowest BCUT2D eigenvalue weighted by molar-refractivity contribution is 0.231. The second kappa shape index (κ2) is 4.65. The van der Waals surface area contributed by atoms with Gasteiger partial charge in [-0.3, -0.25) is 0 Å². The Morgan fingerprint density at radius 2 is 1.94 bits per heavy atom. The van der Waals surface area contributed by atoms with Crippen LogP contribution in [-0.4, -0.2) is 6.10 Å². The van der Waals surface area contributed by atoms with Crippen LogP contribution in [-0.2, 0) is 5.54 Å². The van der Waals surface area contributed by atoms with Crippen molar-refractivity contribution in [2.75, 3.05) is 0 Å². The Morgan fingerprint density at radius 1 is 1.29 bits per heavy atom. The predicted molar refractivity (Wildman–Crippen MR) is 66.5 cm³/mol. The van der Waals surface area contributed by atoms with Crippen LogP contribution in [0.1, 0.15) is 45.1 Å². The van der Waals surface area contributed by atoms with Crippen molar-refractivity contribution in [1.82, 2.24) is 0 Å². The van der Waals surface area contributed by atoms with E-state index in [-0.39, 0.29) is 17.5 Å². The molecule has 94 valence electrons. The van der Waals surface area contributed by atoms with Crippen LogP contribution in [0, 0.1) is 5.82 Å². The summed E-state index contributed by atoms with van der Waals surface area (Å²) in [5, 5.41) is 0. The largest absolute Gasteiger partial charge is 0.488 e. The minimum Gasteiger partial charge on any atom is -0.488 e. The van der Waals surface area contributed by atoms with Crippen molar-refractivity contribution in [2.24, 2.45) is 5.73 Å². The maximum Gasteiger partial charge on any atom is 0.165 e. The van der Waals surface area contributed by atoms with E-state index in [2.05, 4.69) is 0 Å². The summed E-state index contributed by atoms with van der Waals surface area (Å²) in [5.41, 5.74) is 6.85. The van der Waals surface area contributed by atoms with Crippen molar-refractivity contribution in [1.29, 1.82) is 0 Å². The molecule has 1 saturated carbocycles. The maximum atomic E-state index is 13.9. The number of ether oxygens (including phenoxy) is 1. The van der Waals surface area contributed by atoms with Crippen molar-refractivity contribution < 1.29 is 9.13 Å². The van der Waals surface area contributed by atoms with Crippen LogP contribution >= 0.6 is 0 Å². The molecule has 2 nitrogen and oxygen atoms in total. The minimum absolute atomic E-state index is 0.0198. The van der Waals surface area contributed by atoms with E-state index in [0.717, 1.165) is 31.2 Å². The molecule has 0 saturated heterocycles. The molecule has 2 N–H and O–H groups in total. The average Bonchev–Trinajstić information content (AvgIpc) is 2.69. The van der Waals surface area contributed by atoms with Gasteiger partial charge in [-0.25, -0.2) is 4.39 Å². The van der Waals surface area contributed by atoms with Gasteiger partial charge in [0.2, 0.25) is 0 Å². The van der Waals surface area contributed by atoms with Crippen LogP contribution in [0.5, 0.6) is 5.75 Å². The highest BCUT2D eigenvalue weighted by atomic mass is 19.1. The molecule has 0 radical (unpaired) electrons. The summed E-state index contributed by atoms with van der Waals surface area (Å²) in [7, 11) is 0. The smallest absolute Gasteiger partial charge is 0.165 e. The van der Waals surface area contributed by atoms with Gasteiger partial charge in [0.15, 0.2) is 11.6 Å². The Labute approximate surface area is 102 Å². The molecule has 0 atom stereocenters. The molecule has 0 aliphatic heterocycles. The monoisotopic (exact) mass is 237 g/mol. The summed E-state index contributed by atoms with van der Waals surface area (Å²) >= 11 is 0. The molecule has 1 aromatic carbocycles. The number of benzene rings is 1. The van der Waals surface area contributed by atoms with Crippen LogP contribution < -0.4 is 10.5 Å². The summed E-state index contributed by atoms with van der Waals surface area (Å²) < 4.78 is 19.2. The fourth-order valence-corrected chi connectivity index (χ4v) is 2.45. The van der Waals surface area contributed by atoms with Crippen molar-refractivity contribution in [2.45, 2.75) is 51.2 Å². The van der Waals surface area contributed by atoms with Gasteiger partial charge >= 0.3 is 0 Å². The van der Waals surface area contributed by atoms with Gasteiger partial charge in [-0.15, -0.1) is 0 Å². The first-order valence-electron chi connectivity index (χ1n) is 6.27. The highest BCUT2D eigenvalue weighted by Gasteiger charge is 2.31.